The molecule has 1 heterocycles. The maximum Gasteiger partial charge on any atom is 0.133 e. The van der Waals surface area contributed by atoms with E-state index in [4.69, 9.17) is 23.1 Å². The van der Waals surface area contributed by atoms with Crippen molar-refractivity contribution >= 4 is 17.3 Å². The zero-order chi connectivity index (χ0) is 9.42. The molecule has 13 heavy (non-hydrogen) atoms. The molecule has 0 bridgehead atoms. The first-order valence-corrected chi connectivity index (χ1v) is 4.75. The third kappa shape index (κ3) is 1.62. The van der Waals surface area contributed by atoms with Crippen LogP contribution in [-0.4, -0.2) is 4.98 Å². The third-order valence-corrected chi connectivity index (χ3v) is 2.62. The Morgan fingerprint density at radius 2 is 2.23 bits per heavy atom. The van der Waals surface area contributed by atoms with Gasteiger partial charge in [0.25, 0.3) is 0 Å². The van der Waals surface area contributed by atoms with Gasteiger partial charge in [0.15, 0.2) is 0 Å². The van der Waals surface area contributed by atoms with Crippen LogP contribution in [0.5, 0.6) is 0 Å². The van der Waals surface area contributed by atoms with E-state index in [-0.39, 0.29) is 0 Å². The highest BCUT2D eigenvalue weighted by Gasteiger charge is 2.27. The normalized spacial score (nSPS) is 16.2. The lowest BCUT2D eigenvalue weighted by Crippen LogP contribution is -2.04. The van der Waals surface area contributed by atoms with E-state index in [2.05, 4.69) is 4.98 Å². The van der Waals surface area contributed by atoms with Crippen LogP contribution in [0, 0.1) is 0 Å². The molecule has 3 nitrogen and oxygen atoms in total. The van der Waals surface area contributed by atoms with Gasteiger partial charge in [-0.15, -0.1) is 0 Å². The molecule has 1 aliphatic carbocycles. The van der Waals surface area contributed by atoms with Crippen molar-refractivity contribution in [2.75, 3.05) is 5.73 Å². The van der Waals surface area contributed by atoms with Gasteiger partial charge in [0.2, 0.25) is 0 Å². The summed E-state index contributed by atoms with van der Waals surface area (Å²) in [7, 11) is 0. The third-order valence-electron chi connectivity index (χ3n) is 2.29. The Kier molecular flexibility index (Phi) is 2.14. The second-order valence-corrected chi connectivity index (χ2v) is 3.75. The highest BCUT2D eigenvalue weighted by atomic mass is 35.5. The van der Waals surface area contributed by atoms with Crippen molar-refractivity contribution in [1.29, 1.82) is 0 Å². The topological polar surface area (TPSA) is 64.9 Å². The van der Waals surface area contributed by atoms with Crippen molar-refractivity contribution in [2.45, 2.75) is 25.3 Å². The van der Waals surface area contributed by atoms with E-state index in [0.717, 1.165) is 16.9 Å². The molecule has 4 heteroatoms. The van der Waals surface area contributed by atoms with E-state index in [1.165, 1.54) is 12.8 Å². The maximum atomic E-state index is 5.93. The SMILES string of the molecule is NCc1cc(N)c(C2CC2)nc1Cl. The molecular weight excluding hydrogens is 186 g/mol. The molecular formula is C9H12ClN3. The van der Waals surface area contributed by atoms with Crippen molar-refractivity contribution in [1.82, 2.24) is 4.98 Å². The van der Waals surface area contributed by atoms with Crippen molar-refractivity contribution < 1.29 is 0 Å². The number of pyridine rings is 1. The fourth-order valence-electron chi connectivity index (χ4n) is 1.39. The van der Waals surface area contributed by atoms with Crippen molar-refractivity contribution in [3.8, 4) is 0 Å². The zero-order valence-electron chi connectivity index (χ0n) is 7.26. The summed E-state index contributed by atoms with van der Waals surface area (Å²) in [5.74, 6) is 0.532. The Balaban J connectivity index is 2.42. The number of nitrogens with zero attached hydrogens (tertiary/aromatic N) is 1. The van der Waals surface area contributed by atoms with Crippen LogP contribution < -0.4 is 11.5 Å². The molecule has 0 amide bonds. The van der Waals surface area contributed by atoms with Gasteiger partial charge < -0.3 is 11.5 Å². The average molecular weight is 198 g/mol. The quantitative estimate of drug-likeness (QED) is 0.709. The van der Waals surface area contributed by atoms with Gasteiger partial charge in [-0.2, -0.15) is 0 Å². The van der Waals surface area contributed by atoms with Crippen LogP contribution >= 0.6 is 11.6 Å². The smallest absolute Gasteiger partial charge is 0.133 e. The second-order valence-electron chi connectivity index (χ2n) is 3.39. The monoisotopic (exact) mass is 197 g/mol. The summed E-state index contributed by atoms with van der Waals surface area (Å²) < 4.78 is 0. The van der Waals surface area contributed by atoms with Gasteiger partial charge in [-0.3, -0.25) is 0 Å². The Hall–Kier alpha value is -0.800. The van der Waals surface area contributed by atoms with Crippen molar-refractivity contribution in [3.63, 3.8) is 0 Å². The summed E-state index contributed by atoms with van der Waals surface area (Å²) in [6.45, 7) is 0.390. The summed E-state index contributed by atoms with van der Waals surface area (Å²) in [6, 6.07) is 1.84. The first-order valence-electron chi connectivity index (χ1n) is 4.37. The first kappa shape index (κ1) is 8.78. The lowest BCUT2D eigenvalue weighted by atomic mass is 10.2. The lowest BCUT2D eigenvalue weighted by molar-refractivity contribution is 0.987. The molecule has 0 unspecified atom stereocenters. The molecule has 0 saturated heterocycles. The minimum absolute atomic E-state index is 0.390. The fraction of sp³-hybridized carbons (Fsp3) is 0.444. The molecule has 0 atom stereocenters. The Morgan fingerprint density at radius 3 is 2.77 bits per heavy atom. The Bertz CT molecular complexity index is 334. The van der Waals surface area contributed by atoms with E-state index in [0.29, 0.717) is 17.6 Å². The number of nitrogen functional groups attached to an aromatic ring is 1. The first-order chi connectivity index (χ1) is 6.22. The molecule has 2 rings (SSSR count). The van der Waals surface area contributed by atoms with Crippen LogP contribution in [0.25, 0.3) is 0 Å². The average Bonchev–Trinajstić information content (AvgIpc) is 2.91. The number of anilines is 1. The summed E-state index contributed by atoms with van der Waals surface area (Å²) in [5.41, 5.74) is 13.8. The Labute approximate surface area is 82.1 Å². The highest BCUT2D eigenvalue weighted by Crippen LogP contribution is 2.42. The molecule has 0 spiro atoms. The minimum atomic E-state index is 0.390. The van der Waals surface area contributed by atoms with Crippen LogP contribution in [0.15, 0.2) is 6.07 Å². The number of hydrogen-bond donors (Lipinski definition) is 2. The van der Waals surface area contributed by atoms with Gasteiger partial charge in [0, 0.05) is 18.0 Å². The van der Waals surface area contributed by atoms with Crippen molar-refractivity contribution in [2.24, 2.45) is 5.73 Å². The van der Waals surface area contributed by atoms with Crippen LogP contribution in [0.1, 0.15) is 30.0 Å². The van der Waals surface area contributed by atoms with Gasteiger partial charge >= 0.3 is 0 Å². The molecule has 1 fully saturated rings. The van der Waals surface area contributed by atoms with Gasteiger partial charge in [-0.05, 0) is 18.9 Å². The van der Waals surface area contributed by atoms with Gasteiger partial charge in [-0.1, -0.05) is 11.6 Å². The molecule has 0 aromatic carbocycles. The Morgan fingerprint density at radius 1 is 1.54 bits per heavy atom. The molecule has 1 aromatic heterocycles. The molecule has 1 aliphatic rings. The van der Waals surface area contributed by atoms with E-state index in [1.807, 2.05) is 6.07 Å². The molecule has 0 aliphatic heterocycles. The van der Waals surface area contributed by atoms with Crippen molar-refractivity contribution in [3.05, 3.63) is 22.5 Å². The summed E-state index contributed by atoms with van der Waals surface area (Å²) in [5, 5.41) is 0.499. The summed E-state index contributed by atoms with van der Waals surface area (Å²) >= 11 is 5.93. The standard InChI is InChI=1S/C9H12ClN3/c10-9-6(4-11)3-7(12)8(13-9)5-1-2-5/h3,5H,1-2,4,11-12H2. The van der Waals surface area contributed by atoms with Crippen LogP contribution in [0.3, 0.4) is 0 Å². The van der Waals surface area contributed by atoms with E-state index < -0.39 is 0 Å². The number of rotatable bonds is 2. The maximum absolute atomic E-state index is 5.93. The highest BCUT2D eigenvalue weighted by molar-refractivity contribution is 6.30. The van der Waals surface area contributed by atoms with E-state index in [1.54, 1.807) is 0 Å². The van der Waals surface area contributed by atoms with Crippen LogP contribution in [0.2, 0.25) is 5.15 Å². The van der Waals surface area contributed by atoms with E-state index in [9.17, 15) is 0 Å². The summed E-state index contributed by atoms with van der Waals surface area (Å²) in [4.78, 5) is 4.27. The van der Waals surface area contributed by atoms with E-state index >= 15 is 0 Å². The molecule has 70 valence electrons. The number of nitrogens with two attached hydrogens (primary N) is 2. The predicted molar refractivity (Wildman–Crippen MR) is 53.5 cm³/mol. The number of hydrogen-bond acceptors (Lipinski definition) is 3. The second kappa shape index (κ2) is 3.16. The summed E-state index contributed by atoms with van der Waals surface area (Å²) in [6.07, 6.45) is 2.35. The fourth-order valence-corrected chi connectivity index (χ4v) is 1.61. The molecule has 1 saturated carbocycles. The van der Waals surface area contributed by atoms with Crippen LogP contribution in [-0.2, 0) is 6.54 Å². The van der Waals surface area contributed by atoms with Gasteiger partial charge in [-0.25, -0.2) is 4.98 Å². The van der Waals surface area contributed by atoms with Crippen LogP contribution in [0.4, 0.5) is 5.69 Å². The molecule has 0 radical (unpaired) electrons. The van der Waals surface area contributed by atoms with Gasteiger partial charge in [0.1, 0.15) is 5.15 Å². The largest absolute Gasteiger partial charge is 0.397 e. The lowest BCUT2D eigenvalue weighted by Gasteiger charge is -2.07. The minimum Gasteiger partial charge on any atom is -0.397 e. The van der Waals surface area contributed by atoms with Gasteiger partial charge in [0.05, 0.1) is 11.4 Å². The number of aromatic nitrogens is 1. The number of halogens is 1. The zero-order valence-corrected chi connectivity index (χ0v) is 8.01. The predicted octanol–water partition coefficient (Wildman–Crippen LogP) is 1.65. The molecule has 4 N–H and O–H groups in total. The molecule has 1 aromatic rings.